The fourth-order valence-electron chi connectivity index (χ4n) is 1.11. The quantitative estimate of drug-likeness (QED) is 0.790. The summed E-state index contributed by atoms with van der Waals surface area (Å²) in [5.41, 5.74) is 0.0573. The second kappa shape index (κ2) is 4.58. The minimum Gasteiger partial charge on any atom is -0.345 e. The number of sulfonamides is 1. The van der Waals surface area contributed by atoms with Gasteiger partial charge in [0.05, 0.1) is 5.56 Å². The van der Waals surface area contributed by atoms with Crippen LogP contribution in [0.25, 0.3) is 0 Å². The fraction of sp³-hybridized carbons (Fsp3) is 0.333. The molecule has 88 valence electrons. The lowest BCUT2D eigenvalue weighted by Gasteiger charge is -2.12. The van der Waals surface area contributed by atoms with Crippen LogP contribution in [-0.4, -0.2) is 45.4 Å². The number of rotatable bonds is 3. The van der Waals surface area contributed by atoms with Crippen molar-refractivity contribution < 1.29 is 13.2 Å². The molecular weight excluding hydrogens is 230 g/mol. The van der Waals surface area contributed by atoms with Crippen molar-refractivity contribution in [1.82, 2.24) is 14.6 Å². The van der Waals surface area contributed by atoms with E-state index in [1.165, 1.54) is 30.3 Å². The van der Waals surface area contributed by atoms with Crippen LogP contribution in [0.15, 0.2) is 23.4 Å². The Balaban J connectivity index is 3.38. The molecule has 0 fully saturated rings. The summed E-state index contributed by atoms with van der Waals surface area (Å²) in [6.07, 6.45) is 1.33. The maximum atomic E-state index is 11.7. The summed E-state index contributed by atoms with van der Waals surface area (Å²) in [7, 11) is 0.649. The molecule has 0 radical (unpaired) electrons. The van der Waals surface area contributed by atoms with Crippen molar-refractivity contribution in [1.29, 1.82) is 0 Å². The highest BCUT2D eigenvalue weighted by atomic mass is 32.2. The van der Waals surface area contributed by atoms with E-state index < -0.39 is 15.9 Å². The van der Waals surface area contributed by atoms with Crippen molar-refractivity contribution in [2.24, 2.45) is 0 Å². The van der Waals surface area contributed by atoms with Crippen LogP contribution in [0.4, 0.5) is 0 Å². The largest absolute Gasteiger partial charge is 0.345 e. The summed E-state index contributed by atoms with van der Waals surface area (Å²) in [5.74, 6) is -0.401. The van der Waals surface area contributed by atoms with Crippen LogP contribution in [0, 0.1) is 0 Å². The maximum absolute atomic E-state index is 11.7. The summed E-state index contributed by atoms with van der Waals surface area (Å²) < 4.78 is 25.3. The van der Waals surface area contributed by atoms with Crippen molar-refractivity contribution in [3.63, 3.8) is 0 Å². The van der Waals surface area contributed by atoms with Crippen LogP contribution in [0.1, 0.15) is 10.4 Å². The zero-order valence-electron chi connectivity index (χ0n) is 9.26. The Morgan fingerprint density at radius 3 is 2.56 bits per heavy atom. The molecular formula is C9H13N3O3S. The number of pyridine rings is 1. The van der Waals surface area contributed by atoms with Crippen molar-refractivity contribution in [3.8, 4) is 0 Å². The first-order valence-corrected chi connectivity index (χ1v) is 5.98. The molecule has 0 unspecified atom stereocenters. The Bertz CT molecular complexity index is 496. The average molecular weight is 243 g/mol. The molecule has 1 rings (SSSR count). The lowest BCUT2D eigenvalue weighted by Crippen LogP contribution is -2.27. The minimum atomic E-state index is -3.72. The second-order valence-electron chi connectivity index (χ2n) is 3.26. The van der Waals surface area contributed by atoms with Crippen molar-refractivity contribution in [2.45, 2.75) is 5.03 Å². The van der Waals surface area contributed by atoms with E-state index in [1.54, 1.807) is 14.1 Å². The summed E-state index contributed by atoms with van der Waals surface area (Å²) in [5, 5.41) is -0.254. The van der Waals surface area contributed by atoms with Gasteiger partial charge in [-0.25, -0.2) is 18.1 Å². The van der Waals surface area contributed by atoms with Gasteiger partial charge in [-0.3, -0.25) is 4.79 Å². The fourth-order valence-corrected chi connectivity index (χ4v) is 1.94. The van der Waals surface area contributed by atoms with E-state index >= 15 is 0 Å². The number of hydrogen-bond acceptors (Lipinski definition) is 4. The van der Waals surface area contributed by atoms with Gasteiger partial charge in [-0.05, 0) is 19.2 Å². The molecule has 1 N–H and O–H groups in total. The molecule has 1 heterocycles. The third-order valence-corrected chi connectivity index (χ3v) is 3.30. The molecule has 0 aliphatic rings. The third-order valence-electron chi connectivity index (χ3n) is 1.93. The molecule has 0 aliphatic heterocycles. The second-order valence-corrected chi connectivity index (χ2v) is 5.07. The average Bonchev–Trinajstić information content (AvgIpc) is 2.28. The topological polar surface area (TPSA) is 79.4 Å². The molecule has 0 saturated heterocycles. The van der Waals surface area contributed by atoms with Crippen LogP contribution in [0.5, 0.6) is 0 Å². The standard InChI is InChI=1S/C9H13N3O3S/c1-10-16(14,15)8-7(5-4-6-11-8)9(13)12(2)3/h4-6,10H,1-3H3. The van der Waals surface area contributed by atoms with Crippen LogP contribution in [0.2, 0.25) is 0 Å². The van der Waals surface area contributed by atoms with Gasteiger partial charge in [-0.2, -0.15) is 0 Å². The number of aromatic nitrogens is 1. The summed E-state index contributed by atoms with van der Waals surface area (Å²) in [6.45, 7) is 0. The normalized spacial score (nSPS) is 11.2. The molecule has 0 bridgehead atoms. The van der Waals surface area contributed by atoms with Crippen LogP contribution >= 0.6 is 0 Å². The van der Waals surface area contributed by atoms with Crippen molar-refractivity contribution in [2.75, 3.05) is 21.1 Å². The third kappa shape index (κ3) is 2.37. The number of amides is 1. The van der Waals surface area contributed by atoms with E-state index in [0.29, 0.717) is 0 Å². The predicted octanol–water partition coefficient (Wildman–Crippen LogP) is -0.309. The molecule has 1 aromatic heterocycles. The highest BCUT2D eigenvalue weighted by molar-refractivity contribution is 7.89. The zero-order chi connectivity index (χ0) is 12.3. The van der Waals surface area contributed by atoms with Gasteiger partial charge in [0, 0.05) is 20.3 Å². The first-order valence-electron chi connectivity index (χ1n) is 4.50. The van der Waals surface area contributed by atoms with Gasteiger partial charge in [-0.1, -0.05) is 0 Å². The highest BCUT2D eigenvalue weighted by Crippen LogP contribution is 2.13. The van der Waals surface area contributed by atoms with Crippen LogP contribution in [-0.2, 0) is 10.0 Å². The van der Waals surface area contributed by atoms with Gasteiger partial charge < -0.3 is 4.90 Å². The first kappa shape index (κ1) is 12.6. The molecule has 0 spiro atoms. The maximum Gasteiger partial charge on any atom is 0.258 e. The van der Waals surface area contributed by atoms with Crippen LogP contribution < -0.4 is 4.72 Å². The van der Waals surface area contributed by atoms with Crippen LogP contribution in [0.3, 0.4) is 0 Å². The molecule has 7 heteroatoms. The Morgan fingerprint density at radius 2 is 2.06 bits per heavy atom. The molecule has 0 aromatic carbocycles. The van der Waals surface area contributed by atoms with E-state index in [-0.39, 0.29) is 10.6 Å². The van der Waals surface area contributed by atoms with Gasteiger partial charge in [-0.15, -0.1) is 0 Å². The van der Waals surface area contributed by atoms with E-state index in [1.807, 2.05) is 0 Å². The highest BCUT2D eigenvalue weighted by Gasteiger charge is 2.23. The SMILES string of the molecule is CNS(=O)(=O)c1ncccc1C(=O)N(C)C. The summed E-state index contributed by atoms with van der Waals surface area (Å²) in [6, 6.07) is 2.95. The number of nitrogens with zero attached hydrogens (tertiary/aromatic N) is 2. The van der Waals surface area contributed by atoms with E-state index in [4.69, 9.17) is 0 Å². The number of carbonyl (C=O) groups excluding carboxylic acids is 1. The lowest BCUT2D eigenvalue weighted by molar-refractivity contribution is 0.0823. The van der Waals surface area contributed by atoms with Gasteiger partial charge in [0.15, 0.2) is 5.03 Å². The van der Waals surface area contributed by atoms with Gasteiger partial charge in [0.2, 0.25) is 0 Å². The van der Waals surface area contributed by atoms with E-state index in [0.717, 1.165) is 0 Å². The Morgan fingerprint density at radius 1 is 1.44 bits per heavy atom. The lowest BCUT2D eigenvalue weighted by atomic mass is 10.2. The molecule has 16 heavy (non-hydrogen) atoms. The molecule has 6 nitrogen and oxygen atoms in total. The van der Waals surface area contributed by atoms with Gasteiger partial charge >= 0.3 is 0 Å². The van der Waals surface area contributed by atoms with Crippen molar-refractivity contribution in [3.05, 3.63) is 23.9 Å². The monoisotopic (exact) mass is 243 g/mol. The predicted molar refractivity (Wildman–Crippen MR) is 58.5 cm³/mol. The molecule has 1 amide bonds. The molecule has 0 atom stereocenters. The summed E-state index contributed by atoms with van der Waals surface area (Å²) >= 11 is 0. The molecule has 0 aliphatic carbocycles. The Kier molecular flexibility index (Phi) is 3.61. The Hall–Kier alpha value is -1.47. The van der Waals surface area contributed by atoms with E-state index in [9.17, 15) is 13.2 Å². The molecule has 0 saturated carbocycles. The van der Waals surface area contributed by atoms with E-state index in [2.05, 4.69) is 9.71 Å². The Labute approximate surface area is 94.3 Å². The smallest absolute Gasteiger partial charge is 0.258 e. The van der Waals surface area contributed by atoms with Gasteiger partial charge in [0.25, 0.3) is 15.9 Å². The number of nitrogens with one attached hydrogen (secondary N) is 1. The number of hydrogen-bond donors (Lipinski definition) is 1. The van der Waals surface area contributed by atoms with Gasteiger partial charge in [0.1, 0.15) is 0 Å². The minimum absolute atomic E-state index is 0.0573. The zero-order valence-corrected chi connectivity index (χ0v) is 10.1. The van der Waals surface area contributed by atoms with Crippen molar-refractivity contribution >= 4 is 15.9 Å². The summed E-state index contributed by atoms with van der Waals surface area (Å²) in [4.78, 5) is 16.7. The molecule has 1 aromatic rings. The first-order chi connectivity index (χ1) is 7.40. The number of carbonyl (C=O) groups is 1.